The molecule has 0 saturated heterocycles. The van der Waals surface area contributed by atoms with Gasteiger partial charge in [-0.1, -0.05) is 31.2 Å². The van der Waals surface area contributed by atoms with Crippen molar-refractivity contribution in [1.82, 2.24) is 9.13 Å². The van der Waals surface area contributed by atoms with Gasteiger partial charge in [-0.2, -0.15) is 0 Å². The number of amides is 1. The molecule has 3 rings (SSSR count). The number of benzene rings is 2. The van der Waals surface area contributed by atoms with Crippen molar-refractivity contribution in [2.75, 3.05) is 11.9 Å². The van der Waals surface area contributed by atoms with Crippen molar-refractivity contribution in [3.63, 3.8) is 0 Å². The lowest BCUT2D eigenvalue weighted by atomic mass is 10.2. The van der Waals surface area contributed by atoms with E-state index in [4.69, 9.17) is 4.74 Å². The molecule has 0 bridgehead atoms. The first-order chi connectivity index (χ1) is 14.0. The van der Waals surface area contributed by atoms with Gasteiger partial charge in [-0.25, -0.2) is 4.79 Å². The predicted molar refractivity (Wildman–Crippen MR) is 112 cm³/mol. The van der Waals surface area contributed by atoms with E-state index in [0.717, 1.165) is 23.0 Å². The zero-order valence-corrected chi connectivity index (χ0v) is 16.7. The number of aromatic nitrogens is 2. The summed E-state index contributed by atoms with van der Waals surface area (Å²) in [5, 5.41) is 2.69. The summed E-state index contributed by atoms with van der Waals surface area (Å²) in [5.41, 5.74) is 3.17. The van der Waals surface area contributed by atoms with Crippen LogP contribution in [-0.2, 0) is 27.4 Å². The number of fused-ring (bicyclic) bond motifs is 1. The Labute approximate surface area is 168 Å². The summed E-state index contributed by atoms with van der Waals surface area (Å²) in [5.74, 6) is -0.927. The van der Waals surface area contributed by atoms with Gasteiger partial charge >= 0.3 is 11.7 Å². The summed E-state index contributed by atoms with van der Waals surface area (Å²) >= 11 is 0. The van der Waals surface area contributed by atoms with E-state index in [2.05, 4.69) is 5.32 Å². The number of esters is 1. The van der Waals surface area contributed by atoms with Crippen LogP contribution in [0.1, 0.15) is 25.3 Å². The van der Waals surface area contributed by atoms with E-state index in [0.29, 0.717) is 12.2 Å². The Morgan fingerprint density at radius 1 is 1.00 bits per heavy atom. The number of rotatable bonds is 8. The number of ether oxygens (including phenoxy) is 1. The van der Waals surface area contributed by atoms with Gasteiger partial charge in [0.15, 0.2) is 6.61 Å². The fourth-order valence-corrected chi connectivity index (χ4v) is 3.27. The Hall–Kier alpha value is -3.35. The molecule has 2 aromatic carbocycles. The molecule has 0 atom stereocenters. The number of para-hydroxylation sites is 2. The Bertz CT molecular complexity index is 1080. The number of hydrogen-bond acceptors (Lipinski definition) is 4. The number of carbonyl (C=O) groups excluding carboxylic acids is 2. The number of nitrogens with one attached hydrogen (secondary N) is 1. The molecule has 1 N–H and O–H groups in total. The number of aryl methyl sites for hydroxylation is 3. The molecular formula is C22H25N3O4. The molecule has 1 heterocycles. The Morgan fingerprint density at radius 3 is 2.34 bits per heavy atom. The van der Waals surface area contributed by atoms with E-state index < -0.39 is 11.9 Å². The van der Waals surface area contributed by atoms with Crippen LogP contribution in [0.3, 0.4) is 0 Å². The van der Waals surface area contributed by atoms with Gasteiger partial charge in [0, 0.05) is 18.8 Å². The van der Waals surface area contributed by atoms with Crippen molar-refractivity contribution in [3.05, 3.63) is 64.6 Å². The van der Waals surface area contributed by atoms with E-state index in [-0.39, 0.29) is 25.3 Å². The summed E-state index contributed by atoms with van der Waals surface area (Å²) in [4.78, 5) is 36.7. The van der Waals surface area contributed by atoms with Gasteiger partial charge in [0.05, 0.1) is 17.5 Å². The fourth-order valence-electron chi connectivity index (χ4n) is 3.27. The van der Waals surface area contributed by atoms with Crippen LogP contribution >= 0.6 is 0 Å². The third-order valence-electron chi connectivity index (χ3n) is 4.58. The largest absolute Gasteiger partial charge is 0.456 e. The molecule has 0 radical (unpaired) electrons. The van der Waals surface area contributed by atoms with E-state index in [1.54, 1.807) is 15.2 Å². The zero-order valence-electron chi connectivity index (χ0n) is 16.7. The van der Waals surface area contributed by atoms with Gasteiger partial charge < -0.3 is 10.1 Å². The van der Waals surface area contributed by atoms with Crippen molar-refractivity contribution in [1.29, 1.82) is 0 Å². The van der Waals surface area contributed by atoms with Crippen molar-refractivity contribution in [3.8, 4) is 0 Å². The van der Waals surface area contributed by atoms with Crippen LogP contribution in [-0.4, -0.2) is 27.6 Å². The molecule has 0 aliphatic heterocycles. The smallest absolute Gasteiger partial charge is 0.329 e. The van der Waals surface area contributed by atoms with E-state index >= 15 is 0 Å². The standard InChI is InChI=1S/C22H25N3O4/c1-3-12-24-18-9-4-5-10-19(18)25(22(24)28)13-11-21(27)29-15-20(26)23-17-8-6-7-16(2)14-17/h4-10,14H,3,11-13,15H2,1-2H3,(H,23,26). The predicted octanol–water partition coefficient (Wildman–Crippen LogP) is 3.09. The third-order valence-corrected chi connectivity index (χ3v) is 4.58. The van der Waals surface area contributed by atoms with E-state index in [1.807, 2.05) is 56.3 Å². The van der Waals surface area contributed by atoms with Crippen LogP contribution in [0, 0.1) is 6.92 Å². The first-order valence-corrected chi connectivity index (χ1v) is 9.69. The summed E-state index contributed by atoms with van der Waals surface area (Å²) in [6, 6.07) is 14.9. The van der Waals surface area contributed by atoms with Crippen molar-refractivity contribution in [2.45, 2.75) is 39.8 Å². The maximum absolute atomic E-state index is 12.7. The van der Waals surface area contributed by atoms with Crippen LogP contribution < -0.4 is 11.0 Å². The van der Waals surface area contributed by atoms with Crippen LogP contribution in [0.5, 0.6) is 0 Å². The summed E-state index contributed by atoms with van der Waals surface area (Å²) in [6.45, 7) is 4.40. The molecule has 29 heavy (non-hydrogen) atoms. The Balaban J connectivity index is 1.58. The first-order valence-electron chi connectivity index (χ1n) is 9.69. The minimum atomic E-state index is -0.524. The highest BCUT2D eigenvalue weighted by Gasteiger charge is 2.14. The summed E-state index contributed by atoms with van der Waals surface area (Å²) in [6.07, 6.45) is 0.851. The highest BCUT2D eigenvalue weighted by atomic mass is 16.5. The lowest BCUT2D eigenvalue weighted by molar-refractivity contribution is -0.147. The second-order valence-corrected chi connectivity index (χ2v) is 6.90. The number of hydrogen-bond donors (Lipinski definition) is 1. The Kier molecular flexibility index (Phi) is 6.49. The molecule has 0 spiro atoms. The third kappa shape index (κ3) is 4.93. The number of carbonyl (C=O) groups is 2. The van der Waals surface area contributed by atoms with E-state index in [1.165, 1.54) is 0 Å². The average Bonchev–Trinajstić information content (AvgIpc) is 2.96. The fraction of sp³-hybridized carbons (Fsp3) is 0.318. The molecule has 152 valence electrons. The average molecular weight is 395 g/mol. The second kappa shape index (κ2) is 9.23. The lowest BCUT2D eigenvalue weighted by Gasteiger charge is -2.07. The first kappa shape index (κ1) is 20.4. The minimum absolute atomic E-state index is 0.0117. The maximum Gasteiger partial charge on any atom is 0.329 e. The van der Waals surface area contributed by atoms with Crippen LogP contribution in [0.4, 0.5) is 5.69 Å². The van der Waals surface area contributed by atoms with Gasteiger partial charge in [-0.3, -0.25) is 18.7 Å². The molecule has 7 heteroatoms. The number of anilines is 1. The summed E-state index contributed by atoms with van der Waals surface area (Å²) < 4.78 is 8.36. The second-order valence-electron chi connectivity index (χ2n) is 6.90. The molecular weight excluding hydrogens is 370 g/mol. The van der Waals surface area contributed by atoms with Gasteiger partial charge in [-0.05, 0) is 43.2 Å². The molecule has 0 aliphatic rings. The molecule has 0 fully saturated rings. The van der Waals surface area contributed by atoms with Crippen molar-refractivity contribution in [2.24, 2.45) is 0 Å². The topological polar surface area (TPSA) is 82.3 Å². The molecule has 7 nitrogen and oxygen atoms in total. The van der Waals surface area contributed by atoms with Crippen molar-refractivity contribution >= 4 is 28.6 Å². The Morgan fingerprint density at radius 2 is 1.69 bits per heavy atom. The molecule has 0 saturated carbocycles. The molecule has 3 aromatic rings. The van der Waals surface area contributed by atoms with E-state index in [9.17, 15) is 14.4 Å². The highest BCUT2D eigenvalue weighted by Crippen LogP contribution is 2.14. The van der Waals surface area contributed by atoms with Gasteiger partial charge in [0.1, 0.15) is 0 Å². The van der Waals surface area contributed by atoms with Gasteiger partial charge in [0.2, 0.25) is 0 Å². The monoisotopic (exact) mass is 395 g/mol. The molecule has 1 amide bonds. The lowest BCUT2D eigenvalue weighted by Crippen LogP contribution is -2.26. The molecule has 0 aliphatic carbocycles. The quantitative estimate of drug-likeness (QED) is 0.594. The maximum atomic E-state index is 12.7. The van der Waals surface area contributed by atoms with Gasteiger partial charge in [-0.15, -0.1) is 0 Å². The van der Waals surface area contributed by atoms with Crippen LogP contribution in [0.2, 0.25) is 0 Å². The van der Waals surface area contributed by atoms with Crippen molar-refractivity contribution < 1.29 is 14.3 Å². The summed E-state index contributed by atoms with van der Waals surface area (Å²) in [7, 11) is 0. The zero-order chi connectivity index (χ0) is 20.8. The normalized spacial score (nSPS) is 10.8. The highest BCUT2D eigenvalue weighted by molar-refractivity contribution is 5.92. The number of nitrogens with zero attached hydrogens (tertiary/aromatic N) is 2. The SMILES string of the molecule is CCCn1c(=O)n(CCC(=O)OCC(=O)Nc2cccc(C)c2)c2ccccc21. The molecule has 1 aromatic heterocycles. The van der Waals surface area contributed by atoms with Crippen LogP contribution in [0.25, 0.3) is 11.0 Å². The molecule has 0 unspecified atom stereocenters. The van der Waals surface area contributed by atoms with Crippen LogP contribution in [0.15, 0.2) is 53.3 Å². The minimum Gasteiger partial charge on any atom is -0.456 e. The number of imidazole rings is 1. The van der Waals surface area contributed by atoms with Gasteiger partial charge in [0.25, 0.3) is 5.91 Å².